The first-order valence-corrected chi connectivity index (χ1v) is 7.72. The van der Waals surface area contributed by atoms with E-state index in [1.165, 1.54) is 12.1 Å². The lowest BCUT2D eigenvalue weighted by molar-refractivity contribution is -0.221. The fourth-order valence-electron chi connectivity index (χ4n) is 2.04. The van der Waals surface area contributed by atoms with E-state index in [1.54, 1.807) is 19.1 Å². The van der Waals surface area contributed by atoms with Crippen molar-refractivity contribution in [1.29, 1.82) is 0 Å². The van der Waals surface area contributed by atoms with Crippen LogP contribution in [-0.2, 0) is 19.0 Å². The predicted molar refractivity (Wildman–Crippen MR) is 70.4 cm³/mol. The molecule has 20 heavy (non-hydrogen) atoms. The van der Waals surface area contributed by atoms with E-state index in [-0.39, 0.29) is 11.3 Å². The van der Waals surface area contributed by atoms with Gasteiger partial charge in [-0.05, 0) is 26.0 Å². The summed E-state index contributed by atoms with van der Waals surface area (Å²) in [5.41, 5.74) is 0.930. The van der Waals surface area contributed by atoms with Crippen molar-refractivity contribution in [3.8, 4) is 0 Å². The lowest BCUT2D eigenvalue weighted by atomic mass is 10.0. The number of aryl methyl sites for hydroxylation is 1. The standard InChI is InChI=1S/C13H18O6S/c1-8-3-5-10(6-4-8)20(16,17)19-11-7-12(14)18-9(2)13(11)15/h3-6,9,11-15H,7H2,1-2H3/t9-,11-,12-,13-/m0/s1. The second-order valence-electron chi connectivity index (χ2n) is 4.92. The summed E-state index contributed by atoms with van der Waals surface area (Å²) in [6.07, 6.45) is -4.08. The van der Waals surface area contributed by atoms with Crippen LogP contribution in [0.5, 0.6) is 0 Å². The van der Waals surface area contributed by atoms with E-state index in [2.05, 4.69) is 0 Å². The Labute approximate surface area is 118 Å². The van der Waals surface area contributed by atoms with Gasteiger partial charge < -0.3 is 14.9 Å². The van der Waals surface area contributed by atoms with Crippen molar-refractivity contribution < 1.29 is 27.6 Å². The molecule has 7 heteroatoms. The van der Waals surface area contributed by atoms with Crippen molar-refractivity contribution >= 4 is 10.1 Å². The summed E-state index contributed by atoms with van der Waals surface area (Å²) < 4.78 is 34.3. The average Bonchev–Trinajstić information content (AvgIpc) is 2.35. The van der Waals surface area contributed by atoms with E-state index >= 15 is 0 Å². The second kappa shape index (κ2) is 5.79. The van der Waals surface area contributed by atoms with Crippen molar-refractivity contribution in [1.82, 2.24) is 0 Å². The molecule has 1 saturated heterocycles. The zero-order chi connectivity index (χ0) is 14.9. The average molecular weight is 302 g/mol. The van der Waals surface area contributed by atoms with Gasteiger partial charge in [-0.25, -0.2) is 0 Å². The van der Waals surface area contributed by atoms with Crippen LogP contribution in [0, 0.1) is 6.92 Å². The van der Waals surface area contributed by atoms with Gasteiger partial charge in [0.2, 0.25) is 0 Å². The molecule has 0 aromatic heterocycles. The first-order chi connectivity index (χ1) is 9.29. The van der Waals surface area contributed by atoms with Crippen LogP contribution in [0.25, 0.3) is 0 Å². The fourth-order valence-corrected chi connectivity index (χ4v) is 3.14. The minimum absolute atomic E-state index is 0.0175. The summed E-state index contributed by atoms with van der Waals surface area (Å²) >= 11 is 0. The Kier molecular flexibility index (Phi) is 4.46. The van der Waals surface area contributed by atoms with Crippen molar-refractivity contribution in [2.75, 3.05) is 0 Å². The Bertz CT molecular complexity index is 553. The minimum Gasteiger partial charge on any atom is -0.388 e. The SMILES string of the molecule is Cc1ccc(S(=O)(=O)O[C@H]2C[C@@H](O)O[C@@H](C)[C@@H]2O)cc1. The first kappa shape index (κ1) is 15.4. The molecular weight excluding hydrogens is 284 g/mol. The van der Waals surface area contributed by atoms with Crippen LogP contribution in [0.1, 0.15) is 18.9 Å². The van der Waals surface area contributed by atoms with Gasteiger partial charge in [0.25, 0.3) is 10.1 Å². The summed E-state index contributed by atoms with van der Waals surface area (Å²) in [4.78, 5) is 0.0175. The number of rotatable bonds is 3. The molecule has 1 aromatic carbocycles. The summed E-state index contributed by atoms with van der Waals surface area (Å²) in [5, 5.41) is 19.3. The molecule has 0 radical (unpaired) electrons. The van der Waals surface area contributed by atoms with E-state index in [9.17, 15) is 18.6 Å². The van der Waals surface area contributed by atoms with Gasteiger partial charge in [-0.2, -0.15) is 8.42 Å². The molecule has 0 bridgehead atoms. The van der Waals surface area contributed by atoms with E-state index in [4.69, 9.17) is 8.92 Å². The molecule has 4 atom stereocenters. The van der Waals surface area contributed by atoms with Gasteiger partial charge in [-0.15, -0.1) is 0 Å². The van der Waals surface area contributed by atoms with Gasteiger partial charge in [0.05, 0.1) is 11.0 Å². The molecule has 0 aliphatic carbocycles. The smallest absolute Gasteiger partial charge is 0.297 e. The van der Waals surface area contributed by atoms with E-state index in [1.807, 2.05) is 6.92 Å². The Balaban J connectivity index is 2.17. The monoisotopic (exact) mass is 302 g/mol. The predicted octanol–water partition coefficient (Wildman–Crippen LogP) is 0.557. The molecule has 0 saturated carbocycles. The van der Waals surface area contributed by atoms with Crippen LogP contribution >= 0.6 is 0 Å². The largest absolute Gasteiger partial charge is 0.388 e. The van der Waals surface area contributed by atoms with Crippen LogP contribution < -0.4 is 0 Å². The van der Waals surface area contributed by atoms with Gasteiger partial charge >= 0.3 is 0 Å². The summed E-state index contributed by atoms with van der Waals surface area (Å²) in [5.74, 6) is 0. The van der Waals surface area contributed by atoms with Crippen LogP contribution in [0.2, 0.25) is 0 Å². The molecule has 1 aliphatic heterocycles. The second-order valence-corrected chi connectivity index (χ2v) is 6.50. The summed E-state index contributed by atoms with van der Waals surface area (Å²) in [7, 11) is -3.98. The van der Waals surface area contributed by atoms with Crippen molar-refractivity contribution in [3.05, 3.63) is 29.8 Å². The quantitative estimate of drug-likeness (QED) is 0.792. The maximum absolute atomic E-state index is 12.1. The third-order valence-corrected chi connectivity index (χ3v) is 4.58. The number of hydrogen-bond acceptors (Lipinski definition) is 6. The molecule has 0 spiro atoms. The maximum Gasteiger partial charge on any atom is 0.297 e. The van der Waals surface area contributed by atoms with E-state index in [0.717, 1.165) is 5.56 Å². The number of hydrogen-bond donors (Lipinski definition) is 2. The zero-order valence-electron chi connectivity index (χ0n) is 11.3. The summed E-state index contributed by atoms with van der Waals surface area (Å²) in [6.45, 7) is 3.39. The molecule has 6 nitrogen and oxygen atoms in total. The van der Waals surface area contributed by atoms with Crippen molar-refractivity contribution in [3.63, 3.8) is 0 Å². The van der Waals surface area contributed by atoms with E-state index in [0.29, 0.717) is 0 Å². The Hall–Kier alpha value is -0.990. The number of ether oxygens (including phenoxy) is 1. The third-order valence-electron chi connectivity index (χ3n) is 3.23. The van der Waals surface area contributed by atoms with Gasteiger partial charge in [0.15, 0.2) is 6.29 Å². The Morgan fingerprint density at radius 3 is 2.45 bits per heavy atom. The van der Waals surface area contributed by atoms with Crippen molar-refractivity contribution in [2.24, 2.45) is 0 Å². The first-order valence-electron chi connectivity index (χ1n) is 6.31. The van der Waals surface area contributed by atoms with Gasteiger partial charge in [0, 0.05) is 6.42 Å². The highest BCUT2D eigenvalue weighted by molar-refractivity contribution is 7.86. The molecular formula is C13H18O6S. The van der Waals surface area contributed by atoms with Gasteiger partial charge in [0.1, 0.15) is 12.2 Å². The lowest BCUT2D eigenvalue weighted by Gasteiger charge is -2.34. The molecule has 1 heterocycles. The highest BCUT2D eigenvalue weighted by Gasteiger charge is 2.38. The minimum atomic E-state index is -3.98. The fraction of sp³-hybridized carbons (Fsp3) is 0.538. The Morgan fingerprint density at radius 2 is 1.85 bits per heavy atom. The molecule has 1 aromatic rings. The third kappa shape index (κ3) is 3.36. The molecule has 1 fully saturated rings. The zero-order valence-corrected chi connectivity index (χ0v) is 12.1. The Morgan fingerprint density at radius 1 is 1.25 bits per heavy atom. The lowest BCUT2D eigenvalue weighted by Crippen LogP contribution is -2.48. The highest BCUT2D eigenvalue weighted by Crippen LogP contribution is 2.25. The van der Waals surface area contributed by atoms with E-state index < -0.39 is 34.7 Å². The van der Waals surface area contributed by atoms with Crippen molar-refractivity contribution in [2.45, 2.75) is 49.8 Å². The van der Waals surface area contributed by atoms with Crippen LogP contribution in [-0.4, -0.2) is 43.2 Å². The molecule has 112 valence electrons. The number of aliphatic hydroxyl groups is 2. The van der Waals surface area contributed by atoms with Gasteiger partial charge in [-0.3, -0.25) is 4.18 Å². The molecule has 0 amide bonds. The molecule has 2 rings (SSSR count). The normalized spacial score (nSPS) is 31.2. The van der Waals surface area contributed by atoms with Gasteiger partial charge in [-0.1, -0.05) is 17.7 Å². The molecule has 2 N–H and O–H groups in total. The number of benzene rings is 1. The number of aliphatic hydroxyl groups excluding tert-OH is 2. The highest BCUT2D eigenvalue weighted by atomic mass is 32.2. The summed E-state index contributed by atoms with van der Waals surface area (Å²) in [6, 6.07) is 6.20. The molecule has 0 unspecified atom stereocenters. The van der Waals surface area contributed by atoms with Crippen LogP contribution in [0.15, 0.2) is 29.2 Å². The van der Waals surface area contributed by atoms with Crippen LogP contribution in [0.3, 0.4) is 0 Å². The molecule has 1 aliphatic rings. The maximum atomic E-state index is 12.1. The van der Waals surface area contributed by atoms with Crippen LogP contribution in [0.4, 0.5) is 0 Å². The topological polar surface area (TPSA) is 93.1 Å².